The molecule has 0 fully saturated rings. The van der Waals surface area contributed by atoms with Crippen molar-refractivity contribution >= 4 is 27.3 Å². The fourth-order valence-corrected chi connectivity index (χ4v) is 3.41. The smallest absolute Gasteiger partial charge is 0.245 e. The first-order chi connectivity index (χ1) is 12.6. The summed E-state index contributed by atoms with van der Waals surface area (Å²) in [6, 6.07) is 12.3. The number of hydrogen-bond donors (Lipinski definition) is 1. The number of nitrogens with one attached hydrogen (secondary N) is 1. The average molecular weight is 391 g/mol. The Labute approximate surface area is 161 Å². The van der Waals surface area contributed by atoms with Gasteiger partial charge in [0, 0.05) is 5.69 Å². The Hall–Kier alpha value is -2.54. The summed E-state index contributed by atoms with van der Waals surface area (Å²) in [7, 11) is -3.69. The highest BCUT2D eigenvalue weighted by Gasteiger charge is 2.24. The Bertz CT molecular complexity index is 923. The van der Waals surface area contributed by atoms with Gasteiger partial charge >= 0.3 is 0 Å². The summed E-state index contributed by atoms with van der Waals surface area (Å²) in [5, 5.41) is 2.76. The van der Waals surface area contributed by atoms with Crippen LogP contribution in [0.15, 0.2) is 42.5 Å². The van der Waals surface area contributed by atoms with Crippen molar-refractivity contribution < 1.29 is 17.9 Å². The number of carbonyl (C=O) groups is 1. The summed E-state index contributed by atoms with van der Waals surface area (Å²) in [5.74, 6) is -0.0140. The number of benzene rings is 2. The maximum atomic E-state index is 12.5. The van der Waals surface area contributed by atoms with Crippen LogP contribution in [0, 0.1) is 13.8 Å². The van der Waals surface area contributed by atoms with Gasteiger partial charge in [0.15, 0.2) is 0 Å². The molecule has 7 heteroatoms. The third-order valence-corrected chi connectivity index (χ3v) is 5.10. The van der Waals surface area contributed by atoms with Crippen LogP contribution in [0.5, 0.6) is 5.75 Å². The van der Waals surface area contributed by atoms with Crippen LogP contribution in [-0.4, -0.2) is 33.2 Å². The molecule has 0 bridgehead atoms. The maximum Gasteiger partial charge on any atom is 0.245 e. The molecule has 27 heavy (non-hydrogen) atoms. The van der Waals surface area contributed by atoms with Gasteiger partial charge in [0.25, 0.3) is 0 Å². The lowest BCUT2D eigenvalue weighted by Crippen LogP contribution is -2.37. The van der Waals surface area contributed by atoms with Gasteiger partial charge in [-0.15, -0.1) is 0 Å². The summed E-state index contributed by atoms with van der Waals surface area (Å²) in [6.45, 7) is 7.30. The Morgan fingerprint density at radius 3 is 2.37 bits per heavy atom. The number of amides is 1. The Balaban J connectivity index is 2.28. The summed E-state index contributed by atoms with van der Waals surface area (Å²) < 4.78 is 31.5. The van der Waals surface area contributed by atoms with Crippen LogP contribution in [0.4, 0.5) is 11.4 Å². The van der Waals surface area contributed by atoms with E-state index in [0.717, 1.165) is 21.7 Å². The number of carbonyl (C=O) groups excluding carboxylic acids is 1. The lowest BCUT2D eigenvalue weighted by Gasteiger charge is -2.25. The van der Waals surface area contributed by atoms with Gasteiger partial charge in [-0.3, -0.25) is 9.10 Å². The van der Waals surface area contributed by atoms with Gasteiger partial charge in [-0.1, -0.05) is 18.2 Å². The van der Waals surface area contributed by atoms with Gasteiger partial charge in [-0.2, -0.15) is 0 Å². The molecule has 6 nitrogen and oxygen atoms in total. The summed E-state index contributed by atoms with van der Waals surface area (Å²) >= 11 is 0. The van der Waals surface area contributed by atoms with E-state index in [1.807, 2.05) is 39.8 Å². The zero-order valence-electron chi connectivity index (χ0n) is 16.3. The van der Waals surface area contributed by atoms with Gasteiger partial charge in [-0.05, 0) is 63.1 Å². The first-order valence-corrected chi connectivity index (χ1v) is 10.5. The monoisotopic (exact) mass is 390 g/mol. The summed E-state index contributed by atoms with van der Waals surface area (Å²) in [4.78, 5) is 12.5. The van der Waals surface area contributed by atoms with E-state index < -0.39 is 15.9 Å². The summed E-state index contributed by atoms with van der Waals surface area (Å²) in [5.41, 5.74) is 3.13. The fraction of sp³-hybridized carbons (Fsp3) is 0.350. The highest BCUT2D eigenvalue weighted by Crippen LogP contribution is 2.30. The van der Waals surface area contributed by atoms with E-state index in [0.29, 0.717) is 17.1 Å². The van der Waals surface area contributed by atoms with E-state index in [-0.39, 0.29) is 12.6 Å². The van der Waals surface area contributed by atoms with E-state index >= 15 is 0 Å². The first kappa shape index (κ1) is 20.8. The zero-order chi connectivity index (χ0) is 20.2. The molecule has 0 spiro atoms. The number of para-hydroxylation sites is 2. The topological polar surface area (TPSA) is 75.7 Å². The van der Waals surface area contributed by atoms with Crippen molar-refractivity contribution in [3.63, 3.8) is 0 Å². The SMILES string of the molecule is Cc1ccc(NC(=O)CN(c2ccccc2OC(C)C)S(C)(=O)=O)cc1C. The third-order valence-electron chi connectivity index (χ3n) is 3.97. The van der Waals surface area contributed by atoms with Crippen molar-refractivity contribution in [2.24, 2.45) is 0 Å². The minimum Gasteiger partial charge on any atom is -0.489 e. The first-order valence-electron chi connectivity index (χ1n) is 8.68. The number of aryl methyl sites for hydroxylation is 2. The zero-order valence-corrected chi connectivity index (χ0v) is 17.1. The van der Waals surface area contributed by atoms with E-state index in [9.17, 15) is 13.2 Å². The largest absolute Gasteiger partial charge is 0.489 e. The molecule has 0 radical (unpaired) electrons. The Morgan fingerprint density at radius 2 is 1.78 bits per heavy atom. The molecule has 0 saturated carbocycles. The predicted molar refractivity (Wildman–Crippen MR) is 109 cm³/mol. The van der Waals surface area contributed by atoms with Crippen LogP contribution in [0.3, 0.4) is 0 Å². The normalized spacial score (nSPS) is 11.3. The molecular formula is C20H26N2O4S. The minimum atomic E-state index is -3.69. The molecule has 0 saturated heterocycles. The Kier molecular flexibility index (Phi) is 6.49. The molecule has 0 aromatic heterocycles. The minimum absolute atomic E-state index is 0.128. The van der Waals surface area contributed by atoms with Crippen molar-refractivity contribution in [2.45, 2.75) is 33.8 Å². The van der Waals surface area contributed by atoms with Crippen molar-refractivity contribution in [1.29, 1.82) is 0 Å². The van der Waals surface area contributed by atoms with Gasteiger partial charge in [0.1, 0.15) is 12.3 Å². The van der Waals surface area contributed by atoms with Crippen LogP contribution in [0.25, 0.3) is 0 Å². The average Bonchev–Trinajstić information content (AvgIpc) is 2.55. The molecule has 0 heterocycles. The van der Waals surface area contributed by atoms with E-state index in [1.54, 1.807) is 30.3 Å². The third kappa shape index (κ3) is 5.72. The van der Waals surface area contributed by atoms with Crippen LogP contribution in [0.2, 0.25) is 0 Å². The quantitative estimate of drug-likeness (QED) is 0.785. The number of nitrogens with zero attached hydrogens (tertiary/aromatic N) is 1. The molecule has 1 amide bonds. The number of anilines is 2. The molecule has 0 aliphatic rings. The van der Waals surface area contributed by atoms with Gasteiger partial charge < -0.3 is 10.1 Å². The number of ether oxygens (including phenoxy) is 1. The van der Waals surface area contributed by atoms with Gasteiger partial charge in [-0.25, -0.2) is 8.42 Å². The number of hydrogen-bond acceptors (Lipinski definition) is 4. The summed E-state index contributed by atoms with van der Waals surface area (Å²) in [6.07, 6.45) is 0.944. The molecule has 2 aromatic rings. The molecule has 0 aliphatic heterocycles. The second-order valence-corrected chi connectivity index (χ2v) is 8.66. The lowest BCUT2D eigenvalue weighted by molar-refractivity contribution is -0.114. The molecule has 0 atom stereocenters. The fourth-order valence-electron chi connectivity index (χ4n) is 2.55. The number of sulfonamides is 1. The van der Waals surface area contributed by atoms with Crippen LogP contribution >= 0.6 is 0 Å². The van der Waals surface area contributed by atoms with Crippen LogP contribution in [0.1, 0.15) is 25.0 Å². The second kappa shape index (κ2) is 8.43. The van der Waals surface area contributed by atoms with Crippen molar-refractivity contribution in [1.82, 2.24) is 0 Å². The number of rotatable bonds is 7. The molecule has 2 rings (SSSR count). The second-order valence-electron chi connectivity index (χ2n) is 6.75. The highest BCUT2D eigenvalue weighted by molar-refractivity contribution is 7.92. The molecular weight excluding hydrogens is 364 g/mol. The van der Waals surface area contributed by atoms with Crippen LogP contribution in [-0.2, 0) is 14.8 Å². The molecule has 146 valence electrons. The molecule has 2 aromatic carbocycles. The standard InChI is InChI=1S/C20H26N2O4S/c1-14(2)26-19-9-7-6-8-18(19)22(27(5,24)25)13-20(23)21-17-11-10-15(3)16(4)12-17/h6-12,14H,13H2,1-5H3,(H,21,23). The highest BCUT2D eigenvalue weighted by atomic mass is 32.2. The maximum absolute atomic E-state index is 12.5. The van der Waals surface area contributed by atoms with Crippen molar-refractivity contribution in [3.8, 4) is 5.75 Å². The van der Waals surface area contributed by atoms with Crippen molar-refractivity contribution in [3.05, 3.63) is 53.6 Å². The van der Waals surface area contributed by atoms with Crippen molar-refractivity contribution in [2.75, 3.05) is 22.4 Å². The van der Waals surface area contributed by atoms with E-state index in [4.69, 9.17) is 4.74 Å². The predicted octanol–water partition coefficient (Wildman–Crippen LogP) is 3.50. The van der Waals surface area contributed by atoms with Gasteiger partial charge in [0.2, 0.25) is 15.9 Å². The van der Waals surface area contributed by atoms with Gasteiger partial charge in [0.05, 0.1) is 18.0 Å². The molecule has 0 aliphatic carbocycles. The lowest BCUT2D eigenvalue weighted by atomic mass is 10.1. The Morgan fingerprint density at radius 1 is 1.11 bits per heavy atom. The molecule has 0 unspecified atom stereocenters. The van der Waals surface area contributed by atoms with Crippen LogP contribution < -0.4 is 14.4 Å². The van der Waals surface area contributed by atoms with E-state index in [2.05, 4.69) is 5.32 Å². The molecule has 1 N–H and O–H groups in total. The van der Waals surface area contributed by atoms with E-state index in [1.165, 1.54) is 0 Å².